The molecule has 0 saturated heterocycles. The van der Waals surface area contributed by atoms with Crippen molar-refractivity contribution in [2.75, 3.05) is 5.32 Å². The minimum atomic E-state index is -0.442. The number of amides is 1. The predicted octanol–water partition coefficient (Wildman–Crippen LogP) is 1.67. The smallest absolute Gasteiger partial charge is 0.295 e. The van der Waals surface area contributed by atoms with Gasteiger partial charge in [0.1, 0.15) is 11.5 Å². The summed E-state index contributed by atoms with van der Waals surface area (Å²) in [5, 5.41) is 11.1. The zero-order valence-corrected chi connectivity index (χ0v) is 11.4. The fourth-order valence-electron chi connectivity index (χ4n) is 1.39. The van der Waals surface area contributed by atoms with Crippen LogP contribution in [0.25, 0.3) is 0 Å². The monoisotopic (exact) mass is 279 g/mol. The lowest BCUT2D eigenvalue weighted by Gasteiger charge is -1.95. The number of nitrogens with one attached hydrogen (secondary N) is 2. The number of rotatable bonds is 5. The van der Waals surface area contributed by atoms with Crippen LogP contribution in [0.2, 0.25) is 0 Å². The third-order valence-electron chi connectivity index (χ3n) is 2.31. The molecule has 0 radical (unpaired) electrons. The quantitative estimate of drug-likeness (QED) is 0.811. The maximum atomic E-state index is 11.8. The summed E-state index contributed by atoms with van der Waals surface area (Å²) in [6.45, 7) is 3.44. The number of hydrogen-bond donors (Lipinski definition) is 2. The minimum absolute atomic E-state index is 0.0722. The van der Waals surface area contributed by atoms with Crippen LogP contribution in [0.1, 0.15) is 47.2 Å². The Morgan fingerprint density at radius 3 is 2.84 bits per heavy atom. The maximum Gasteiger partial charge on any atom is 0.297 e. The highest BCUT2D eigenvalue weighted by molar-refractivity contribution is 7.14. The average Bonchev–Trinajstić information content (AvgIpc) is 2.98. The molecule has 2 aromatic rings. The highest BCUT2D eigenvalue weighted by atomic mass is 32.1. The van der Waals surface area contributed by atoms with E-state index in [9.17, 15) is 9.59 Å². The number of aromatic amines is 1. The molecule has 0 bridgehead atoms. The summed E-state index contributed by atoms with van der Waals surface area (Å²) >= 11 is 1.19. The molecule has 2 N–H and O–H groups in total. The van der Waals surface area contributed by atoms with Crippen molar-refractivity contribution in [2.45, 2.75) is 26.7 Å². The molecule has 0 atom stereocenters. The first-order valence-electron chi connectivity index (χ1n) is 5.79. The summed E-state index contributed by atoms with van der Waals surface area (Å²) in [4.78, 5) is 31.0. The molecule has 100 valence electrons. The predicted molar refractivity (Wildman–Crippen MR) is 70.4 cm³/mol. The molecule has 0 aliphatic carbocycles. The van der Waals surface area contributed by atoms with Gasteiger partial charge in [0.05, 0.1) is 0 Å². The first kappa shape index (κ1) is 13.3. The van der Waals surface area contributed by atoms with Crippen LogP contribution in [0.15, 0.2) is 5.38 Å². The summed E-state index contributed by atoms with van der Waals surface area (Å²) < 4.78 is 0. The van der Waals surface area contributed by atoms with Gasteiger partial charge in [0.15, 0.2) is 10.9 Å². The topological polar surface area (TPSA) is 101 Å². The van der Waals surface area contributed by atoms with Crippen LogP contribution < -0.4 is 5.32 Å². The molecule has 0 aromatic carbocycles. The number of H-pyrrole nitrogens is 1. The van der Waals surface area contributed by atoms with Gasteiger partial charge in [0.2, 0.25) is 5.82 Å². The van der Waals surface area contributed by atoms with Crippen LogP contribution in [0, 0.1) is 0 Å². The average molecular weight is 279 g/mol. The maximum absolute atomic E-state index is 11.8. The Bertz CT molecular complexity index is 604. The van der Waals surface area contributed by atoms with Gasteiger partial charge in [-0.2, -0.15) is 0 Å². The molecule has 19 heavy (non-hydrogen) atoms. The van der Waals surface area contributed by atoms with Gasteiger partial charge >= 0.3 is 0 Å². The molecule has 2 aromatic heterocycles. The summed E-state index contributed by atoms with van der Waals surface area (Å²) in [5.41, 5.74) is 0.335. The first-order valence-corrected chi connectivity index (χ1v) is 6.67. The summed E-state index contributed by atoms with van der Waals surface area (Å²) in [5.74, 6) is 0.169. The molecular formula is C11H13N5O2S. The highest BCUT2D eigenvalue weighted by Crippen LogP contribution is 2.16. The van der Waals surface area contributed by atoms with Crippen molar-refractivity contribution in [1.82, 2.24) is 20.2 Å². The molecule has 0 saturated carbocycles. The number of hydrogen-bond acceptors (Lipinski definition) is 6. The molecule has 8 heteroatoms. The van der Waals surface area contributed by atoms with E-state index >= 15 is 0 Å². The molecular weight excluding hydrogens is 266 g/mol. The molecule has 0 fully saturated rings. The Kier molecular flexibility index (Phi) is 4.00. The van der Waals surface area contributed by atoms with E-state index in [2.05, 4.69) is 25.5 Å². The van der Waals surface area contributed by atoms with Gasteiger partial charge in [-0.25, -0.2) is 9.97 Å². The first-order chi connectivity index (χ1) is 9.10. The number of aryl methyl sites for hydroxylation is 1. The second kappa shape index (κ2) is 5.70. The van der Waals surface area contributed by atoms with Crippen molar-refractivity contribution in [1.29, 1.82) is 0 Å². The van der Waals surface area contributed by atoms with Crippen LogP contribution in [0.3, 0.4) is 0 Å². The Labute approximate surface area is 113 Å². The Morgan fingerprint density at radius 2 is 2.21 bits per heavy atom. The lowest BCUT2D eigenvalue weighted by molar-refractivity contribution is 0.1000. The van der Waals surface area contributed by atoms with E-state index in [0.717, 1.165) is 12.8 Å². The zero-order valence-electron chi connectivity index (χ0n) is 10.6. The van der Waals surface area contributed by atoms with E-state index in [1.165, 1.54) is 18.3 Å². The van der Waals surface area contributed by atoms with Crippen molar-refractivity contribution < 1.29 is 9.59 Å². The van der Waals surface area contributed by atoms with Crippen molar-refractivity contribution in [3.8, 4) is 0 Å². The second-order valence-corrected chi connectivity index (χ2v) is 4.76. The normalized spacial score (nSPS) is 10.4. The van der Waals surface area contributed by atoms with E-state index in [0.29, 0.717) is 16.6 Å². The zero-order chi connectivity index (χ0) is 13.8. The largest absolute Gasteiger partial charge is 0.297 e. The van der Waals surface area contributed by atoms with E-state index in [1.807, 2.05) is 6.92 Å². The number of aromatic nitrogens is 4. The number of anilines is 1. The van der Waals surface area contributed by atoms with Gasteiger partial charge < -0.3 is 0 Å². The third kappa shape index (κ3) is 3.22. The highest BCUT2D eigenvalue weighted by Gasteiger charge is 2.15. The number of carbonyl (C=O) groups excluding carboxylic acids is 2. The van der Waals surface area contributed by atoms with E-state index in [4.69, 9.17) is 0 Å². The SMILES string of the molecule is CCCc1nc(C(=O)Nc2nc(C(C)=O)cs2)n[nH]1. The van der Waals surface area contributed by atoms with Gasteiger partial charge in [0.25, 0.3) is 5.91 Å². The summed E-state index contributed by atoms with van der Waals surface area (Å²) in [7, 11) is 0. The van der Waals surface area contributed by atoms with Crippen molar-refractivity contribution in [2.24, 2.45) is 0 Å². The number of Topliss-reactive ketones (excluding diaryl/α,β-unsaturated/α-hetero) is 1. The van der Waals surface area contributed by atoms with Gasteiger partial charge in [-0.3, -0.25) is 20.0 Å². The van der Waals surface area contributed by atoms with Crippen LogP contribution in [0.4, 0.5) is 5.13 Å². The lowest BCUT2D eigenvalue weighted by Crippen LogP contribution is -2.13. The molecule has 7 nitrogen and oxygen atoms in total. The molecule has 0 aliphatic rings. The fraction of sp³-hybridized carbons (Fsp3) is 0.364. The van der Waals surface area contributed by atoms with Crippen LogP contribution in [-0.2, 0) is 6.42 Å². The second-order valence-electron chi connectivity index (χ2n) is 3.90. The number of carbonyl (C=O) groups is 2. The molecule has 0 aliphatic heterocycles. The minimum Gasteiger partial charge on any atom is -0.295 e. The molecule has 0 unspecified atom stereocenters. The van der Waals surface area contributed by atoms with E-state index in [-0.39, 0.29) is 11.6 Å². The summed E-state index contributed by atoms with van der Waals surface area (Å²) in [6, 6.07) is 0. The fourth-order valence-corrected chi connectivity index (χ4v) is 2.14. The van der Waals surface area contributed by atoms with Gasteiger partial charge in [-0.1, -0.05) is 6.92 Å². The van der Waals surface area contributed by atoms with E-state index < -0.39 is 5.91 Å². The molecule has 2 rings (SSSR count). The molecule has 2 heterocycles. The van der Waals surface area contributed by atoms with Crippen molar-refractivity contribution >= 4 is 28.2 Å². The Balaban J connectivity index is 2.04. The number of nitrogens with zero attached hydrogens (tertiary/aromatic N) is 3. The van der Waals surface area contributed by atoms with E-state index in [1.54, 1.807) is 5.38 Å². The van der Waals surface area contributed by atoms with Crippen LogP contribution >= 0.6 is 11.3 Å². The lowest BCUT2D eigenvalue weighted by atomic mass is 10.3. The Hall–Kier alpha value is -2.09. The number of thiazole rings is 1. The Morgan fingerprint density at radius 1 is 1.42 bits per heavy atom. The van der Waals surface area contributed by atoms with Gasteiger partial charge in [0, 0.05) is 18.7 Å². The van der Waals surface area contributed by atoms with Gasteiger partial charge in [-0.05, 0) is 6.42 Å². The standard InChI is InChI=1S/C11H13N5O2S/c1-3-4-8-13-9(16-15-8)10(18)14-11-12-7(5-19-11)6(2)17/h5H,3-4H2,1-2H3,(H,12,14,18)(H,13,15,16). The number of ketones is 1. The molecule has 1 amide bonds. The summed E-state index contributed by atoms with van der Waals surface area (Å²) in [6.07, 6.45) is 1.66. The van der Waals surface area contributed by atoms with Crippen LogP contribution in [0.5, 0.6) is 0 Å². The van der Waals surface area contributed by atoms with Crippen molar-refractivity contribution in [3.05, 3.63) is 22.7 Å². The van der Waals surface area contributed by atoms with Crippen molar-refractivity contribution in [3.63, 3.8) is 0 Å². The third-order valence-corrected chi connectivity index (χ3v) is 3.06. The molecule has 0 spiro atoms. The van der Waals surface area contributed by atoms with Gasteiger partial charge in [-0.15, -0.1) is 16.4 Å². The van der Waals surface area contributed by atoms with Crippen LogP contribution in [-0.4, -0.2) is 31.9 Å².